The second-order valence-electron chi connectivity index (χ2n) is 7.04. The normalized spacial score (nSPS) is 13.7. The van der Waals surface area contributed by atoms with E-state index in [1.807, 2.05) is 30.5 Å². The van der Waals surface area contributed by atoms with E-state index in [1.54, 1.807) is 11.6 Å². The van der Waals surface area contributed by atoms with Crippen LogP contribution < -0.4 is 0 Å². The molecule has 0 N–H and O–H groups in total. The van der Waals surface area contributed by atoms with Crippen molar-refractivity contribution in [3.05, 3.63) is 59.5 Å². The van der Waals surface area contributed by atoms with E-state index in [-0.39, 0.29) is 5.91 Å². The number of rotatable bonds is 2. The highest BCUT2D eigenvalue weighted by atomic mass is 16.5. The third-order valence-corrected chi connectivity index (χ3v) is 5.12. The maximum atomic E-state index is 12.8. The number of carbonyl (C=O) groups is 1. The van der Waals surface area contributed by atoms with Crippen molar-refractivity contribution in [3.63, 3.8) is 0 Å². The molecule has 4 aromatic heterocycles. The summed E-state index contributed by atoms with van der Waals surface area (Å²) in [5.74, 6) is 0.476. The van der Waals surface area contributed by atoms with Crippen molar-refractivity contribution in [2.45, 2.75) is 19.9 Å². The van der Waals surface area contributed by atoms with Crippen molar-refractivity contribution in [1.29, 1.82) is 0 Å². The van der Waals surface area contributed by atoms with Crippen molar-refractivity contribution >= 4 is 16.9 Å². The number of fused-ring (bicyclic) bond motifs is 2. The van der Waals surface area contributed by atoms with Crippen LogP contribution in [0.2, 0.25) is 0 Å². The number of aryl methyl sites for hydroxylation is 2. The molecule has 1 aliphatic rings. The van der Waals surface area contributed by atoms with Crippen LogP contribution in [0.5, 0.6) is 0 Å². The van der Waals surface area contributed by atoms with Crippen molar-refractivity contribution in [2.75, 3.05) is 6.54 Å². The van der Waals surface area contributed by atoms with E-state index in [9.17, 15) is 4.79 Å². The highest BCUT2D eigenvalue weighted by Crippen LogP contribution is 2.26. The van der Waals surface area contributed by atoms with Gasteiger partial charge in [0.15, 0.2) is 5.65 Å². The lowest BCUT2D eigenvalue weighted by atomic mass is 10.0. The van der Waals surface area contributed by atoms with Crippen LogP contribution in [0.25, 0.3) is 22.2 Å². The molecule has 1 aliphatic heterocycles. The first-order chi connectivity index (χ1) is 13.6. The molecule has 140 valence electrons. The van der Waals surface area contributed by atoms with Crippen LogP contribution in [0.4, 0.5) is 0 Å². The Kier molecular flexibility index (Phi) is 3.71. The van der Waals surface area contributed by atoms with Gasteiger partial charge < -0.3 is 9.42 Å². The fraction of sp³-hybridized carbons (Fsp3) is 0.250. The molecule has 8 nitrogen and oxygen atoms in total. The number of nitrogens with zero attached hydrogens (tertiary/aromatic N) is 6. The number of hydrogen-bond donors (Lipinski definition) is 0. The quantitative estimate of drug-likeness (QED) is 0.536. The largest absolute Gasteiger partial charge is 0.361 e. The lowest BCUT2D eigenvalue weighted by molar-refractivity contribution is 0.0732. The maximum Gasteiger partial charge on any atom is 0.259 e. The molecule has 1 amide bonds. The van der Waals surface area contributed by atoms with Gasteiger partial charge in [0.2, 0.25) is 0 Å². The fourth-order valence-electron chi connectivity index (χ4n) is 3.60. The molecule has 0 radical (unpaired) electrons. The summed E-state index contributed by atoms with van der Waals surface area (Å²) in [5, 5.41) is 8.89. The monoisotopic (exact) mass is 374 g/mol. The Labute approximate surface area is 160 Å². The number of pyridine rings is 2. The zero-order chi connectivity index (χ0) is 19.3. The molecule has 0 unspecified atom stereocenters. The molecule has 5 heterocycles. The zero-order valence-corrected chi connectivity index (χ0v) is 15.6. The summed E-state index contributed by atoms with van der Waals surface area (Å²) in [6, 6.07) is 4.15. The summed E-state index contributed by atoms with van der Waals surface area (Å²) in [6.07, 6.45) is 7.78. The Hall–Kier alpha value is -3.55. The van der Waals surface area contributed by atoms with Gasteiger partial charge in [-0.25, -0.2) is 9.97 Å². The van der Waals surface area contributed by atoms with E-state index < -0.39 is 0 Å². The topological polar surface area (TPSA) is 89.9 Å². The van der Waals surface area contributed by atoms with Crippen molar-refractivity contribution < 1.29 is 9.32 Å². The minimum atomic E-state index is -0.0632. The zero-order valence-electron chi connectivity index (χ0n) is 15.6. The molecule has 0 atom stereocenters. The van der Waals surface area contributed by atoms with Crippen molar-refractivity contribution in [1.82, 2.24) is 29.8 Å². The van der Waals surface area contributed by atoms with Crippen LogP contribution in [-0.2, 0) is 20.0 Å². The molecule has 0 aliphatic carbocycles. The molecule has 5 rings (SSSR count). The Morgan fingerprint density at radius 1 is 1.18 bits per heavy atom. The van der Waals surface area contributed by atoms with Gasteiger partial charge >= 0.3 is 0 Å². The van der Waals surface area contributed by atoms with Gasteiger partial charge in [-0.3, -0.25) is 9.48 Å². The summed E-state index contributed by atoms with van der Waals surface area (Å²) in [4.78, 5) is 23.9. The minimum Gasteiger partial charge on any atom is -0.361 e. The first kappa shape index (κ1) is 16.6. The predicted molar refractivity (Wildman–Crippen MR) is 101 cm³/mol. The summed E-state index contributed by atoms with van der Waals surface area (Å²) in [7, 11) is 1.89. The molecule has 4 aromatic rings. The summed E-state index contributed by atoms with van der Waals surface area (Å²) in [6.45, 7) is 2.88. The fourth-order valence-corrected chi connectivity index (χ4v) is 3.60. The standard InChI is InChI=1S/C20H18N6O2/c1-12-17(9-23-28-12)20(27)26-4-3-18-15(11-26)6-13-5-14(7-21-19(13)24-18)16-8-22-25(2)10-16/h5-10H,3-4,11H2,1-2H3. The SMILES string of the molecule is Cc1oncc1C(=O)N1CCc2nc3ncc(-c4cnn(C)c4)cc3cc2C1. The first-order valence-electron chi connectivity index (χ1n) is 9.06. The van der Waals surface area contributed by atoms with Crippen LogP contribution in [0.3, 0.4) is 0 Å². The Morgan fingerprint density at radius 3 is 2.82 bits per heavy atom. The van der Waals surface area contributed by atoms with Gasteiger partial charge in [-0.2, -0.15) is 5.10 Å². The van der Waals surface area contributed by atoms with Gasteiger partial charge in [0.1, 0.15) is 11.3 Å². The molecular formula is C20H18N6O2. The molecule has 0 saturated heterocycles. The van der Waals surface area contributed by atoms with Crippen LogP contribution in [0.1, 0.15) is 27.4 Å². The van der Waals surface area contributed by atoms with E-state index >= 15 is 0 Å². The summed E-state index contributed by atoms with van der Waals surface area (Å²) >= 11 is 0. The van der Waals surface area contributed by atoms with Gasteiger partial charge in [0.25, 0.3) is 5.91 Å². The highest BCUT2D eigenvalue weighted by molar-refractivity contribution is 5.95. The smallest absolute Gasteiger partial charge is 0.259 e. The average Bonchev–Trinajstić information content (AvgIpc) is 3.33. The van der Waals surface area contributed by atoms with E-state index in [2.05, 4.69) is 27.4 Å². The molecule has 0 saturated carbocycles. The second kappa shape index (κ2) is 6.26. The van der Waals surface area contributed by atoms with E-state index in [1.165, 1.54) is 6.20 Å². The van der Waals surface area contributed by atoms with E-state index in [0.29, 0.717) is 30.8 Å². The van der Waals surface area contributed by atoms with Crippen molar-refractivity contribution in [3.8, 4) is 11.1 Å². The first-order valence-corrected chi connectivity index (χ1v) is 9.06. The molecule has 8 heteroatoms. The predicted octanol–water partition coefficient (Wildman–Crippen LogP) is 2.53. The number of amides is 1. The molecular weight excluding hydrogens is 356 g/mol. The second-order valence-corrected chi connectivity index (χ2v) is 7.04. The van der Waals surface area contributed by atoms with Gasteiger partial charge in [-0.05, 0) is 24.6 Å². The third-order valence-electron chi connectivity index (χ3n) is 5.12. The molecule has 0 fully saturated rings. The van der Waals surface area contributed by atoms with Crippen molar-refractivity contribution in [2.24, 2.45) is 7.05 Å². The Morgan fingerprint density at radius 2 is 2.07 bits per heavy atom. The molecule has 28 heavy (non-hydrogen) atoms. The van der Waals surface area contributed by atoms with Crippen LogP contribution in [0, 0.1) is 6.92 Å². The van der Waals surface area contributed by atoms with Crippen LogP contribution in [0.15, 0.2) is 41.4 Å². The molecule has 0 spiro atoms. The lowest BCUT2D eigenvalue weighted by Gasteiger charge is -2.28. The van der Waals surface area contributed by atoms with Crippen LogP contribution >= 0.6 is 0 Å². The van der Waals surface area contributed by atoms with Gasteiger partial charge in [-0.15, -0.1) is 0 Å². The van der Waals surface area contributed by atoms with E-state index in [0.717, 1.165) is 33.4 Å². The lowest BCUT2D eigenvalue weighted by Crippen LogP contribution is -2.36. The Bertz CT molecular complexity index is 1210. The number of aromatic nitrogens is 5. The maximum absolute atomic E-state index is 12.8. The third kappa shape index (κ3) is 2.74. The summed E-state index contributed by atoms with van der Waals surface area (Å²) < 4.78 is 6.80. The molecule has 0 aromatic carbocycles. The Balaban J connectivity index is 1.49. The van der Waals surface area contributed by atoms with E-state index in [4.69, 9.17) is 9.51 Å². The number of hydrogen-bond acceptors (Lipinski definition) is 6. The van der Waals surface area contributed by atoms with Gasteiger partial charge in [0, 0.05) is 61.2 Å². The molecule has 0 bridgehead atoms. The minimum absolute atomic E-state index is 0.0632. The van der Waals surface area contributed by atoms with Gasteiger partial charge in [0.05, 0.1) is 12.4 Å². The average molecular weight is 374 g/mol. The van der Waals surface area contributed by atoms with Crippen LogP contribution in [-0.4, -0.2) is 42.3 Å². The highest BCUT2D eigenvalue weighted by Gasteiger charge is 2.25. The van der Waals surface area contributed by atoms with Gasteiger partial charge in [-0.1, -0.05) is 5.16 Å². The number of carbonyl (C=O) groups excluding carboxylic acids is 1. The summed E-state index contributed by atoms with van der Waals surface area (Å²) in [5.41, 5.74) is 5.28.